The number of hydrogen-bond donors (Lipinski definition) is 1. The van der Waals surface area contributed by atoms with Crippen molar-refractivity contribution in [2.45, 2.75) is 25.8 Å². The van der Waals surface area contributed by atoms with Crippen molar-refractivity contribution in [1.29, 1.82) is 0 Å². The Morgan fingerprint density at radius 1 is 1.21 bits per heavy atom. The maximum atomic E-state index is 6.11. The highest BCUT2D eigenvalue weighted by molar-refractivity contribution is 6.35. The number of likely N-dealkylation sites (N-methyl/N-ethyl adjacent to an activating group) is 1. The van der Waals surface area contributed by atoms with Gasteiger partial charge in [0.1, 0.15) is 0 Å². The van der Waals surface area contributed by atoms with E-state index < -0.39 is 0 Å². The zero-order valence-electron chi connectivity index (χ0n) is 8.64. The third kappa shape index (κ3) is 2.63. The van der Waals surface area contributed by atoms with Gasteiger partial charge >= 0.3 is 0 Å². The van der Waals surface area contributed by atoms with Crippen molar-refractivity contribution in [2.24, 2.45) is 0 Å². The molecule has 1 N–H and O–H groups in total. The summed E-state index contributed by atoms with van der Waals surface area (Å²) in [4.78, 5) is 0. The minimum atomic E-state index is 0.379. The minimum Gasteiger partial charge on any atom is -0.317 e. The van der Waals surface area contributed by atoms with E-state index in [1.54, 1.807) is 6.07 Å². The van der Waals surface area contributed by atoms with E-state index in [9.17, 15) is 0 Å². The van der Waals surface area contributed by atoms with Crippen LogP contribution in [0.1, 0.15) is 25.3 Å². The van der Waals surface area contributed by atoms with Crippen LogP contribution in [0.3, 0.4) is 0 Å². The van der Waals surface area contributed by atoms with E-state index in [1.165, 1.54) is 0 Å². The van der Waals surface area contributed by atoms with Gasteiger partial charge in [0.15, 0.2) is 0 Å². The van der Waals surface area contributed by atoms with Gasteiger partial charge in [-0.05, 0) is 37.6 Å². The Labute approximate surface area is 95.4 Å². The lowest BCUT2D eigenvalue weighted by molar-refractivity contribution is 0.524. The van der Waals surface area contributed by atoms with Crippen LogP contribution >= 0.6 is 23.2 Å². The number of halogens is 2. The third-order valence-electron chi connectivity index (χ3n) is 2.66. The smallest absolute Gasteiger partial charge is 0.0456 e. The molecule has 1 rings (SSSR count). The predicted molar refractivity (Wildman–Crippen MR) is 63.4 cm³/mol. The molecule has 3 heteroatoms. The molecule has 0 spiro atoms. The molecule has 0 bridgehead atoms. The molecule has 1 aromatic rings. The Morgan fingerprint density at radius 3 is 2.36 bits per heavy atom. The van der Waals surface area contributed by atoms with Gasteiger partial charge in [-0.2, -0.15) is 0 Å². The number of rotatable bonds is 3. The molecule has 2 atom stereocenters. The standard InChI is InChI=1S/C11H15Cl2N/c1-7(8(2)14-3)10-5-4-9(12)6-11(10)13/h4-8,14H,1-3H3. The Kier molecular flexibility index (Phi) is 4.24. The van der Waals surface area contributed by atoms with Gasteiger partial charge in [0.25, 0.3) is 0 Å². The molecule has 0 aliphatic rings. The van der Waals surface area contributed by atoms with Gasteiger partial charge in [0.05, 0.1) is 0 Å². The van der Waals surface area contributed by atoms with Crippen molar-refractivity contribution in [3.05, 3.63) is 33.8 Å². The maximum Gasteiger partial charge on any atom is 0.0456 e. The van der Waals surface area contributed by atoms with E-state index in [1.807, 2.05) is 19.2 Å². The van der Waals surface area contributed by atoms with E-state index in [0.717, 1.165) is 10.6 Å². The quantitative estimate of drug-likeness (QED) is 0.837. The zero-order chi connectivity index (χ0) is 10.7. The van der Waals surface area contributed by atoms with Gasteiger partial charge in [-0.1, -0.05) is 36.2 Å². The SMILES string of the molecule is CNC(C)C(C)c1ccc(Cl)cc1Cl. The van der Waals surface area contributed by atoms with Crippen molar-refractivity contribution >= 4 is 23.2 Å². The molecule has 1 nitrogen and oxygen atoms in total. The summed E-state index contributed by atoms with van der Waals surface area (Å²) < 4.78 is 0. The Hall–Kier alpha value is -0.240. The monoisotopic (exact) mass is 231 g/mol. The summed E-state index contributed by atoms with van der Waals surface area (Å²) in [6.07, 6.45) is 0. The molecule has 0 saturated heterocycles. The first-order chi connectivity index (χ1) is 6.56. The highest BCUT2D eigenvalue weighted by atomic mass is 35.5. The molecule has 0 radical (unpaired) electrons. The second-order valence-electron chi connectivity index (χ2n) is 3.53. The van der Waals surface area contributed by atoms with E-state index >= 15 is 0 Å². The van der Waals surface area contributed by atoms with Crippen LogP contribution in [-0.2, 0) is 0 Å². The van der Waals surface area contributed by atoms with Gasteiger partial charge in [-0.15, -0.1) is 0 Å². The lowest BCUT2D eigenvalue weighted by atomic mass is 9.94. The first-order valence-corrected chi connectivity index (χ1v) is 5.44. The van der Waals surface area contributed by atoms with Crippen LogP contribution in [0.4, 0.5) is 0 Å². The second-order valence-corrected chi connectivity index (χ2v) is 4.38. The topological polar surface area (TPSA) is 12.0 Å². The molecule has 0 aliphatic carbocycles. The van der Waals surface area contributed by atoms with Gasteiger partial charge in [0.2, 0.25) is 0 Å². The lowest BCUT2D eigenvalue weighted by Crippen LogP contribution is -2.27. The molecule has 78 valence electrons. The van der Waals surface area contributed by atoms with Gasteiger partial charge in [-0.25, -0.2) is 0 Å². The van der Waals surface area contributed by atoms with E-state index in [0.29, 0.717) is 17.0 Å². The van der Waals surface area contributed by atoms with E-state index in [4.69, 9.17) is 23.2 Å². The van der Waals surface area contributed by atoms with E-state index in [2.05, 4.69) is 19.2 Å². The summed E-state index contributed by atoms with van der Waals surface area (Å²) in [7, 11) is 1.95. The number of nitrogens with one attached hydrogen (secondary N) is 1. The van der Waals surface area contributed by atoms with Gasteiger partial charge in [-0.3, -0.25) is 0 Å². The average Bonchev–Trinajstić information content (AvgIpc) is 2.15. The number of hydrogen-bond acceptors (Lipinski definition) is 1. The first kappa shape index (κ1) is 11.8. The molecule has 0 aliphatic heterocycles. The van der Waals surface area contributed by atoms with Gasteiger partial charge < -0.3 is 5.32 Å². The van der Waals surface area contributed by atoms with Crippen LogP contribution < -0.4 is 5.32 Å². The molecule has 0 saturated carbocycles. The molecular weight excluding hydrogens is 217 g/mol. The lowest BCUT2D eigenvalue weighted by Gasteiger charge is -2.20. The molecule has 0 fully saturated rings. The summed E-state index contributed by atoms with van der Waals surface area (Å²) in [6, 6.07) is 6.05. The van der Waals surface area contributed by atoms with Crippen LogP contribution in [0.2, 0.25) is 10.0 Å². The molecule has 0 amide bonds. The summed E-state index contributed by atoms with van der Waals surface area (Å²) >= 11 is 11.9. The third-order valence-corrected chi connectivity index (χ3v) is 3.22. The fraction of sp³-hybridized carbons (Fsp3) is 0.455. The van der Waals surface area contributed by atoms with E-state index in [-0.39, 0.29) is 0 Å². The molecule has 0 aromatic heterocycles. The van der Waals surface area contributed by atoms with Crippen molar-refractivity contribution in [3.63, 3.8) is 0 Å². The van der Waals surface area contributed by atoms with Crippen LogP contribution in [0.15, 0.2) is 18.2 Å². The Morgan fingerprint density at radius 2 is 1.86 bits per heavy atom. The van der Waals surface area contributed by atoms with Crippen molar-refractivity contribution in [2.75, 3.05) is 7.05 Å². The van der Waals surface area contributed by atoms with Crippen LogP contribution in [0.25, 0.3) is 0 Å². The van der Waals surface area contributed by atoms with Crippen molar-refractivity contribution in [1.82, 2.24) is 5.32 Å². The predicted octanol–water partition coefficient (Wildman–Crippen LogP) is 3.70. The molecule has 14 heavy (non-hydrogen) atoms. The Bertz CT molecular complexity index is 312. The fourth-order valence-corrected chi connectivity index (χ4v) is 1.97. The fourth-order valence-electron chi connectivity index (χ4n) is 1.39. The van der Waals surface area contributed by atoms with Crippen LogP contribution in [0, 0.1) is 0 Å². The zero-order valence-corrected chi connectivity index (χ0v) is 10.2. The summed E-state index contributed by atoms with van der Waals surface area (Å²) in [5, 5.41) is 4.64. The average molecular weight is 232 g/mol. The molecule has 1 aromatic carbocycles. The van der Waals surface area contributed by atoms with Crippen molar-refractivity contribution in [3.8, 4) is 0 Å². The molecular formula is C11H15Cl2N. The normalized spacial score (nSPS) is 15.2. The second kappa shape index (κ2) is 5.01. The molecule has 0 heterocycles. The highest BCUT2D eigenvalue weighted by Crippen LogP contribution is 2.29. The van der Waals surface area contributed by atoms with Gasteiger partial charge in [0, 0.05) is 16.1 Å². The largest absolute Gasteiger partial charge is 0.317 e. The number of benzene rings is 1. The first-order valence-electron chi connectivity index (χ1n) is 4.68. The van der Waals surface area contributed by atoms with Crippen LogP contribution in [0.5, 0.6) is 0 Å². The minimum absolute atomic E-state index is 0.379. The Balaban J connectivity index is 2.95. The molecule has 2 unspecified atom stereocenters. The van der Waals surface area contributed by atoms with Crippen LogP contribution in [-0.4, -0.2) is 13.1 Å². The summed E-state index contributed by atoms with van der Waals surface area (Å²) in [5.41, 5.74) is 1.14. The van der Waals surface area contributed by atoms with Crippen molar-refractivity contribution < 1.29 is 0 Å². The highest BCUT2D eigenvalue weighted by Gasteiger charge is 2.15. The maximum absolute atomic E-state index is 6.11. The summed E-state index contributed by atoms with van der Waals surface area (Å²) in [5.74, 6) is 0.379. The summed E-state index contributed by atoms with van der Waals surface area (Å²) in [6.45, 7) is 4.28.